The SMILES string of the molecule is O=c1c(=O)c2ccc3cc2c2cc(ccc12)c1ccc2c(=O)c(=O)c4ccc(cc4c2c1)c1ccc2c(=O)c(=O)c4ccc3cc4c2c1. The molecule has 0 radical (unpaired) electrons. The van der Waals surface area contributed by atoms with Crippen LogP contribution in [0.1, 0.15) is 0 Å². The van der Waals surface area contributed by atoms with Crippen molar-refractivity contribution in [1.29, 1.82) is 0 Å². The van der Waals surface area contributed by atoms with Gasteiger partial charge in [-0.05, 0) is 137 Å². The maximum Gasteiger partial charge on any atom is 0.234 e. The summed E-state index contributed by atoms with van der Waals surface area (Å²) in [6, 6.07) is 32.0. The zero-order chi connectivity index (χ0) is 32.6. The molecule has 0 unspecified atom stereocenters. The van der Waals surface area contributed by atoms with Crippen LogP contribution in [0.15, 0.2) is 138 Å². The quantitative estimate of drug-likeness (QED) is 0.141. The molecule has 10 rings (SSSR count). The van der Waals surface area contributed by atoms with E-state index in [2.05, 4.69) is 0 Å². The van der Waals surface area contributed by atoms with Gasteiger partial charge in [0.1, 0.15) is 0 Å². The van der Waals surface area contributed by atoms with Crippen molar-refractivity contribution in [3.63, 3.8) is 0 Å². The summed E-state index contributed by atoms with van der Waals surface area (Å²) in [6.45, 7) is 0. The summed E-state index contributed by atoms with van der Waals surface area (Å²) >= 11 is 0. The Labute approximate surface area is 267 Å². The highest BCUT2D eigenvalue weighted by atomic mass is 16.2. The predicted octanol–water partition coefficient (Wildman–Crippen LogP) is 6.54. The third-order valence-electron chi connectivity index (χ3n) is 10.1. The van der Waals surface area contributed by atoms with E-state index in [0.29, 0.717) is 64.6 Å². The molecule has 10 aromatic rings. The normalized spacial score (nSPS) is 12.2. The molecule has 0 saturated heterocycles. The van der Waals surface area contributed by atoms with Crippen LogP contribution in [0.2, 0.25) is 0 Å². The van der Waals surface area contributed by atoms with Crippen molar-refractivity contribution in [2.75, 3.05) is 0 Å². The first kappa shape index (κ1) is 26.5. The van der Waals surface area contributed by atoms with Crippen LogP contribution in [0.4, 0.5) is 0 Å². The van der Waals surface area contributed by atoms with Gasteiger partial charge in [0.05, 0.1) is 0 Å². The smallest absolute Gasteiger partial charge is 0.234 e. The number of fused-ring (bicyclic) bond motifs is 9. The molecule has 0 aromatic heterocycles. The largest absolute Gasteiger partial charge is 0.285 e. The Morgan fingerprint density at radius 3 is 0.479 bits per heavy atom. The molecule has 0 aliphatic heterocycles. The number of hydrogen-bond acceptors (Lipinski definition) is 6. The van der Waals surface area contributed by atoms with Gasteiger partial charge in [0.25, 0.3) is 0 Å². The Morgan fingerprint density at radius 2 is 0.333 bits per heavy atom. The fourth-order valence-electron chi connectivity index (χ4n) is 7.60. The maximum absolute atomic E-state index is 13.2. The molecule has 0 fully saturated rings. The predicted molar refractivity (Wildman–Crippen MR) is 195 cm³/mol. The third-order valence-corrected chi connectivity index (χ3v) is 10.1. The van der Waals surface area contributed by atoms with Gasteiger partial charge in [-0.2, -0.15) is 0 Å². The molecule has 0 spiro atoms. The highest BCUT2D eigenvalue weighted by Gasteiger charge is 2.15. The molecule has 0 heterocycles. The topological polar surface area (TPSA) is 102 Å². The summed E-state index contributed by atoms with van der Waals surface area (Å²) < 4.78 is 0. The van der Waals surface area contributed by atoms with E-state index in [-0.39, 0.29) is 0 Å². The van der Waals surface area contributed by atoms with Crippen LogP contribution in [0.3, 0.4) is 0 Å². The van der Waals surface area contributed by atoms with Crippen LogP contribution < -0.4 is 32.6 Å². The number of rotatable bonds is 0. The van der Waals surface area contributed by atoms with E-state index >= 15 is 0 Å². The van der Waals surface area contributed by atoms with Crippen LogP contribution in [-0.2, 0) is 0 Å². The second kappa shape index (κ2) is 8.99. The zero-order valence-corrected chi connectivity index (χ0v) is 24.8. The fraction of sp³-hybridized carbons (Fsp3) is 0. The average molecular weight is 619 g/mol. The molecule has 222 valence electrons. The summed E-state index contributed by atoms with van der Waals surface area (Å²) in [6.07, 6.45) is 0. The molecule has 12 bridgehead atoms. The van der Waals surface area contributed by atoms with Crippen LogP contribution in [0.25, 0.3) is 97.0 Å². The lowest BCUT2D eigenvalue weighted by atomic mass is 9.94. The van der Waals surface area contributed by atoms with Crippen LogP contribution >= 0.6 is 0 Å². The molecular formula is C42H18O6. The Balaban J connectivity index is 1.54. The first-order valence-electron chi connectivity index (χ1n) is 15.4. The van der Waals surface area contributed by atoms with E-state index < -0.39 is 32.6 Å². The zero-order valence-electron chi connectivity index (χ0n) is 24.8. The van der Waals surface area contributed by atoms with Crippen molar-refractivity contribution in [1.82, 2.24) is 0 Å². The van der Waals surface area contributed by atoms with Crippen molar-refractivity contribution in [2.45, 2.75) is 0 Å². The molecule has 0 N–H and O–H groups in total. The van der Waals surface area contributed by atoms with Crippen molar-refractivity contribution >= 4 is 97.0 Å². The van der Waals surface area contributed by atoms with Gasteiger partial charge in [0.2, 0.25) is 32.6 Å². The molecule has 0 amide bonds. The van der Waals surface area contributed by atoms with Crippen molar-refractivity contribution in [3.8, 4) is 0 Å². The van der Waals surface area contributed by atoms with Gasteiger partial charge in [-0.1, -0.05) is 36.4 Å². The summed E-state index contributed by atoms with van der Waals surface area (Å²) in [5.74, 6) is 0. The Morgan fingerprint density at radius 1 is 0.188 bits per heavy atom. The van der Waals surface area contributed by atoms with Crippen molar-refractivity contribution in [2.24, 2.45) is 0 Å². The lowest BCUT2D eigenvalue weighted by molar-refractivity contribution is 1.59. The Bertz CT molecular complexity index is 2910. The first-order chi connectivity index (χ1) is 23.3. The molecule has 0 saturated carbocycles. The second-order valence-corrected chi connectivity index (χ2v) is 12.5. The third kappa shape index (κ3) is 3.35. The fourth-order valence-corrected chi connectivity index (χ4v) is 7.60. The van der Waals surface area contributed by atoms with Crippen molar-refractivity contribution < 1.29 is 0 Å². The molecule has 48 heavy (non-hydrogen) atoms. The van der Waals surface area contributed by atoms with E-state index in [1.165, 1.54) is 0 Å². The molecular weight excluding hydrogens is 600 g/mol. The average Bonchev–Trinajstić information content (AvgIpc) is 3.13. The van der Waals surface area contributed by atoms with Crippen molar-refractivity contribution in [3.05, 3.63) is 171 Å². The maximum atomic E-state index is 13.2. The minimum atomic E-state index is -0.584. The first-order valence-corrected chi connectivity index (χ1v) is 15.4. The van der Waals surface area contributed by atoms with Crippen LogP contribution in [0, 0.1) is 0 Å². The van der Waals surface area contributed by atoms with Gasteiger partial charge < -0.3 is 0 Å². The van der Waals surface area contributed by atoms with Gasteiger partial charge in [0, 0.05) is 32.3 Å². The summed E-state index contributed by atoms with van der Waals surface area (Å²) in [7, 11) is 0. The molecule has 10 aromatic carbocycles. The molecule has 6 heteroatoms. The van der Waals surface area contributed by atoms with Crippen LogP contribution in [-0.4, -0.2) is 0 Å². The minimum absolute atomic E-state index is 0.299. The second-order valence-electron chi connectivity index (χ2n) is 12.5. The highest BCUT2D eigenvalue weighted by molar-refractivity contribution is 6.17. The molecule has 0 aliphatic rings. The monoisotopic (exact) mass is 618 g/mol. The molecule has 6 nitrogen and oxygen atoms in total. The molecule has 0 aliphatic carbocycles. The summed E-state index contributed by atoms with van der Waals surface area (Å²) in [5, 5.41) is 10.1. The van der Waals surface area contributed by atoms with Gasteiger partial charge in [-0.25, -0.2) is 0 Å². The van der Waals surface area contributed by atoms with E-state index in [1.54, 1.807) is 72.8 Å². The highest BCUT2D eigenvalue weighted by Crippen LogP contribution is 2.32. The van der Waals surface area contributed by atoms with E-state index in [1.807, 2.05) is 36.4 Å². The summed E-state index contributed by atoms with van der Waals surface area (Å²) in [5.41, 5.74) is -3.50. The molecule has 0 atom stereocenters. The number of hydrogen-bond donors (Lipinski definition) is 0. The number of benzene rings is 9. The van der Waals surface area contributed by atoms with E-state index in [4.69, 9.17) is 0 Å². The standard InChI is InChI=1S/C42H18O6/c43-37-25-7-1-19-13-31(25)33-15-21(3-9-27(33)38(37)44)23-5-11-29-35(17-23)36-18-24(6-12-30(36)42(48)41(29)47)22-4-10-28-34(16-22)32-14-20(19)2-8-26(32)39(45)40(28)46/h1-18H. The minimum Gasteiger partial charge on any atom is -0.285 e. The van der Waals surface area contributed by atoms with Gasteiger partial charge in [-0.15, -0.1) is 0 Å². The lowest BCUT2D eigenvalue weighted by Gasteiger charge is -2.08. The Kier molecular flexibility index (Phi) is 4.97. The lowest BCUT2D eigenvalue weighted by Crippen LogP contribution is -2.24. The van der Waals surface area contributed by atoms with Gasteiger partial charge >= 0.3 is 0 Å². The van der Waals surface area contributed by atoms with E-state index in [9.17, 15) is 28.8 Å². The van der Waals surface area contributed by atoms with E-state index in [0.717, 1.165) is 32.3 Å². The Hall–Kier alpha value is -6.66. The van der Waals surface area contributed by atoms with Gasteiger partial charge in [0.15, 0.2) is 0 Å². The summed E-state index contributed by atoms with van der Waals surface area (Å²) in [4.78, 5) is 79.4. The van der Waals surface area contributed by atoms with Gasteiger partial charge in [-0.3, -0.25) is 28.8 Å². The van der Waals surface area contributed by atoms with Crippen LogP contribution in [0.5, 0.6) is 0 Å².